The first-order chi connectivity index (χ1) is 14.7. The number of fused-ring (bicyclic) bond motifs is 2. The van der Waals surface area contributed by atoms with Crippen molar-refractivity contribution in [1.82, 2.24) is 0 Å². The van der Waals surface area contributed by atoms with Crippen LogP contribution in [0.4, 0.5) is 10.5 Å². The summed E-state index contributed by atoms with van der Waals surface area (Å²) in [5, 5.41) is 23.4. The quantitative estimate of drug-likeness (QED) is 0.566. The standard InChI is InChI=1S/C24H26N2O5/c1-23(2,3)31-22(29)26-18-12-8-7-11-17(18)24(21(26)28)13-16(14-27)20(25-30)19(24)15-9-5-4-6-10-15/h4-12,16,19,27,30H,13-14H2,1-3H3/b25-20+/t16-,19-,24+/m0/s1. The van der Waals surface area contributed by atoms with Crippen LogP contribution < -0.4 is 4.90 Å². The van der Waals surface area contributed by atoms with Gasteiger partial charge in [-0.25, -0.2) is 9.69 Å². The number of aliphatic hydroxyl groups excluding tert-OH is 1. The highest BCUT2D eigenvalue weighted by Gasteiger charge is 2.64. The van der Waals surface area contributed by atoms with Gasteiger partial charge in [-0.15, -0.1) is 0 Å². The van der Waals surface area contributed by atoms with Crippen molar-refractivity contribution in [3.8, 4) is 0 Å². The van der Waals surface area contributed by atoms with Gasteiger partial charge in [0.2, 0.25) is 5.91 Å². The Labute approximate surface area is 180 Å². The Balaban J connectivity index is 1.94. The summed E-state index contributed by atoms with van der Waals surface area (Å²) in [6, 6.07) is 16.4. The number of aliphatic hydroxyl groups is 1. The van der Waals surface area contributed by atoms with Crippen molar-refractivity contribution in [1.29, 1.82) is 0 Å². The minimum Gasteiger partial charge on any atom is -0.443 e. The van der Waals surface area contributed by atoms with Crippen LogP contribution in [-0.2, 0) is 14.9 Å². The molecule has 7 heteroatoms. The molecule has 1 spiro atoms. The molecule has 162 valence electrons. The molecule has 2 aromatic rings. The minimum absolute atomic E-state index is 0.220. The van der Waals surface area contributed by atoms with Crippen molar-refractivity contribution >= 4 is 23.4 Å². The Morgan fingerprint density at radius 1 is 1.16 bits per heavy atom. The number of anilines is 1. The second-order valence-electron chi connectivity index (χ2n) is 9.06. The number of imide groups is 1. The van der Waals surface area contributed by atoms with Gasteiger partial charge < -0.3 is 15.1 Å². The highest BCUT2D eigenvalue weighted by molar-refractivity contribution is 6.24. The van der Waals surface area contributed by atoms with Gasteiger partial charge in [-0.05, 0) is 44.4 Å². The number of nitrogens with zero attached hydrogens (tertiary/aromatic N) is 2. The predicted octanol–water partition coefficient (Wildman–Crippen LogP) is 3.83. The molecule has 0 unspecified atom stereocenters. The first-order valence-electron chi connectivity index (χ1n) is 10.3. The van der Waals surface area contributed by atoms with Crippen LogP contribution in [0.5, 0.6) is 0 Å². The molecular formula is C24H26N2O5. The average Bonchev–Trinajstić information content (AvgIpc) is 3.20. The highest BCUT2D eigenvalue weighted by atomic mass is 16.6. The Bertz CT molecular complexity index is 1040. The molecule has 0 saturated heterocycles. The molecular weight excluding hydrogens is 396 g/mol. The summed E-state index contributed by atoms with van der Waals surface area (Å²) in [4.78, 5) is 28.2. The lowest BCUT2D eigenvalue weighted by Gasteiger charge is -2.31. The zero-order chi connectivity index (χ0) is 22.4. The van der Waals surface area contributed by atoms with Crippen LogP contribution in [-0.4, -0.2) is 40.2 Å². The van der Waals surface area contributed by atoms with Crippen LogP contribution >= 0.6 is 0 Å². The minimum atomic E-state index is -1.19. The maximum Gasteiger partial charge on any atom is 0.421 e. The number of para-hydroxylation sites is 1. The molecule has 31 heavy (non-hydrogen) atoms. The summed E-state index contributed by atoms with van der Waals surface area (Å²) in [5.41, 5.74) is 0.268. The van der Waals surface area contributed by atoms with Crippen LogP contribution in [0.15, 0.2) is 59.8 Å². The van der Waals surface area contributed by atoms with Gasteiger partial charge in [0.25, 0.3) is 0 Å². The molecule has 2 N–H and O–H groups in total. The van der Waals surface area contributed by atoms with Crippen molar-refractivity contribution in [2.24, 2.45) is 11.1 Å². The van der Waals surface area contributed by atoms with Crippen molar-refractivity contribution < 1.29 is 24.6 Å². The molecule has 1 saturated carbocycles. The van der Waals surface area contributed by atoms with E-state index >= 15 is 0 Å². The first kappa shape index (κ1) is 21.1. The molecule has 1 aliphatic carbocycles. The van der Waals surface area contributed by atoms with Crippen LogP contribution in [0, 0.1) is 5.92 Å². The van der Waals surface area contributed by atoms with E-state index in [0.29, 0.717) is 17.0 Å². The van der Waals surface area contributed by atoms with E-state index in [0.717, 1.165) is 10.5 Å². The maximum absolute atomic E-state index is 14.0. The molecule has 0 aromatic heterocycles. The molecule has 1 fully saturated rings. The van der Waals surface area contributed by atoms with E-state index in [1.54, 1.807) is 32.9 Å². The van der Waals surface area contributed by atoms with Gasteiger partial charge in [0.15, 0.2) is 0 Å². The Morgan fingerprint density at radius 3 is 2.42 bits per heavy atom. The van der Waals surface area contributed by atoms with Crippen molar-refractivity contribution in [3.05, 3.63) is 65.7 Å². The fourth-order valence-corrected chi connectivity index (χ4v) is 4.93. The van der Waals surface area contributed by atoms with E-state index < -0.39 is 34.9 Å². The maximum atomic E-state index is 14.0. The molecule has 1 heterocycles. The molecule has 0 bridgehead atoms. The van der Waals surface area contributed by atoms with Gasteiger partial charge in [0.1, 0.15) is 5.60 Å². The molecule has 1 aliphatic heterocycles. The second kappa shape index (κ2) is 7.50. The largest absolute Gasteiger partial charge is 0.443 e. The van der Waals surface area contributed by atoms with E-state index in [-0.39, 0.29) is 13.0 Å². The lowest BCUT2D eigenvalue weighted by atomic mass is 9.70. The van der Waals surface area contributed by atoms with Crippen molar-refractivity contribution in [2.75, 3.05) is 11.5 Å². The number of carbonyl (C=O) groups is 2. The van der Waals surface area contributed by atoms with Crippen molar-refractivity contribution in [2.45, 2.75) is 44.1 Å². The van der Waals surface area contributed by atoms with E-state index in [1.807, 2.05) is 42.5 Å². The number of amides is 2. The lowest BCUT2D eigenvalue weighted by Crippen LogP contribution is -2.47. The Kier molecular flexibility index (Phi) is 5.09. The van der Waals surface area contributed by atoms with Gasteiger partial charge in [-0.3, -0.25) is 4.79 Å². The summed E-state index contributed by atoms with van der Waals surface area (Å²) >= 11 is 0. The van der Waals surface area contributed by atoms with E-state index in [4.69, 9.17) is 4.74 Å². The van der Waals surface area contributed by atoms with Crippen LogP contribution in [0.2, 0.25) is 0 Å². The normalized spacial score (nSPS) is 26.5. The Hall–Kier alpha value is -3.19. The van der Waals surface area contributed by atoms with Gasteiger partial charge in [-0.2, -0.15) is 0 Å². The molecule has 0 radical (unpaired) electrons. The molecule has 3 atom stereocenters. The number of carbonyl (C=O) groups excluding carboxylic acids is 2. The number of oxime groups is 1. The molecule has 7 nitrogen and oxygen atoms in total. The number of hydrogen-bond donors (Lipinski definition) is 2. The fourth-order valence-electron chi connectivity index (χ4n) is 4.93. The molecule has 2 aromatic carbocycles. The van der Waals surface area contributed by atoms with Crippen LogP contribution in [0.25, 0.3) is 0 Å². The first-order valence-corrected chi connectivity index (χ1v) is 10.3. The second-order valence-corrected chi connectivity index (χ2v) is 9.06. The van der Waals surface area contributed by atoms with Crippen LogP contribution in [0.1, 0.15) is 44.2 Å². The van der Waals surface area contributed by atoms with Gasteiger partial charge in [0.05, 0.1) is 23.4 Å². The number of rotatable bonds is 2. The summed E-state index contributed by atoms with van der Waals surface area (Å²) in [6.07, 6.45) is -0.527. The monoisotopic (exact) mass is 422 g/mol. The van der Waals surface area contributed by atoms with Crippen molar-refractivity contribution in [3.63, 3.8) is 0 Å². The summed E-state index contributed by atoms with van der Waals surface area (Å²) < 4.78 is 5.54. The predicted molar refractivity (Wildman–Crippen MR) is 115 cm³/mol. The third-order valence-electron chi connectivity index (χ3n) is 6.03. The third-order valence-corrected chi connectivity index (χ3v) is 6.03. The topological polar surface area (TPSA) is 99.4 Å². The van der Waals surface area contributed by atoms with Gasteiger partial charge in [0, 0.05) is 11.8 Å². The summed E-state index contributed by atoms with van der Waals surface area (Å²) in [5.74, 6) is -1.59. The number of hydrogen-bond acceptors (Lipinski definition) is 6. The Morgan fingerprint density at radius 2 is 1.81 bits per heavy atom. The van der Waals surface area contributed by atoms with E-state index in [9.17, 15) is 19.9 Å². The highest BCUT2D eigenvalue weighted by Crippen LogP contribution is 2.58. The number of benzene rings is 2. The molecule has 2 amide bonds. The molecule has 2 aliphatic rings. The SMILES string of the molecule is CC(C)(C)OC(=O)N1C(=O)[C@]2(C[C@@H](CO)/C(=N\O)[C@@H]2c2ccccc2)c2ccccc21. The zero-order valence-electron chi connectivity index (χ0n) is 17.8. The number of ether oxygens (including phenoxy) is 1. The van der Waals surface area contributed by atoms with E-state index in [2.05, 4.69) is 5.16 Å². The van der Waals surface area contributed by atoms with Crippen LogP contribution in [0.3, 0.4) is 0 Å². The van der Waals surface area contributed by atoms with E-state index in [1.165, 1.54) is 0 Å². The summed E-state index contributed by atoms with van der Waals surface area (Å²) in [6.45, 7) is 4.96. The fraction of sp³-hybridized carbons (Fsp3) is 0.375. The van der Waals surface area contributed by atoms with Gasteiger partial charge in [-0.1, -0.05) is 53.7 Å². The van der Waals surface area contributed by atoms with Gasteiger partial charge >= 0.3 is 6.09 Å². The average molecular weight is 422 g/mol. The molecule has 4 rings (SSSR count). The summed E-state index contributed by atoms with van der Waals surface area (Å²) in [7, 11) is 0. The lowest BCUT2D eigenvalue weighted by molar-refractivity contribution is -0.123. The third kappa shape index (κ3) is 3.20. The zero-order valence-corrected chi connectivity index (χ0v) is 17.8. The smallest absolute Gasteiger partial charge is 0.421 e.